The predicted octanol–water partition coefficient (Wildman–Crippen LogP) is 2.82. The number of ether oxygens (including phenoxy) is 2. The lowest BCUT2D eigenvalue weighted by molar-refractivity contribution is -0.149. The van der Waals surface area contributed by atoms with Gasteiger partial charge in [-0.15, -0.1) is 0 Å². The van der Waals surface area contributed by atoms with E-state index in [-0.39, 0.29) is 23.8 Å². The summed E-state index contributed by atoms with van der Waals surface area (Å²) in [5.41, 5.74) is 2.74. The summed E-state index contributed by atoms with van der Waals surface area (Å²) in [5.74, 6) is -0.676. The first-order valence-electron chi connectivity index (χ1n) is 11.0. The smallest absolute Gasteiger partial charge is 0.230 e. The lowest BCUT2D eigenvalue weighted by Crippen LogP contribution is -2.62. The molecule has 0 aromatic heterocycles. The van der Waals surface area contributed by atoms with Crippen LogP contribution >= 0.6 is 0 Å². The summed E-state index contributed by atoms with van der Waals surface area (Å²) < 4.78 is 11.7. The molecule has 1 saturated heterocycles. The van der Waals surface area contributed by atoms with Crippen LogP contribution in [-0.4, -0.2) is 55.1 Å². The van der Waals surface area contributed by atoms with Gasteiger partial charge in [0.15, 0.2) is 0 Å². The number of methoxy groups -OCH3 is 2. The number of hydrogen-bond donors (Lipinski definition) is 1. The molecular formula is C26H27NO4. The van der Waals surface area contributed by atoms with Crippen LogP contribution in [-0.2, 0) is 19.7 Å². The van der Waals surface area contributed by atoms with Gasteiger partial charge in [0.2, 0.25) is 5.91 Å². The first kappa shape index (κ1) is 19.2. The van der Waals surface area contributed by atoms with E-state index < -0.39 is 17.1 Å². The lowest BCUT2D eigenvalue weighted by atomic mass is 9.44. The Morgan fingerprint density at radius 1 is 1.06 bits per heavy atom. The quantitative estimate of drug-likeness (QED) is 0.778. The molecule has 0 saturated carbocycles. The van der Waals surface area contributed by atoms with Gasteiger partial charge in [0.25, 0.3) is 0 Å². The summed E-state index contributed by atoms with van der Waals surface area (Å²) in [7, 11) is 3.37. The number of benzene rings is 2. The van der Waals surface area contributed by atoms with E-state index in [1.807, 2.05) is 24.3 Å². The first-order chi connectivity index (χ1) is 15.1. The SMILES string of the molecule is COCC(OC)C12c3ccccc3C(c3ccccc31)[C@H]1[C@@H]2C(=O)N2CC=CC[C@]12O. The fourth-order valence-corrected chi connectivity index (χ4v) is 7.24. The number of nitrogens with zero attached hydrogens (tertiary/aromatic N) is 1. The largest absolute Gasteiger partial charge is 0.382 e. The van der Waals surface area contributed by atoms with Gasteiger partial charge < -0.3 is 19.5 Å². The zero-order valence-corrected chi connectivity index (χ0v) is 17.8. The van der Waals surface area contributed by atoms with E-state index in [0.29, 0.717) is 19.6 Å². The molecule has 3 aliphatic carbocycles. The van der Waals surface area contributed by atoms with Crippen molar-refractivity contribution in [1.29, 1.82) is 0 Å². The molecular weight excluding hydrogens is 390 g/mol. The zero-order chi connectivity index (χ0) is 21.4. The van der Waals surface area contributed by atoms with Gasteiger partial charge in [-0.3, -0.25) is 4.79 Å². The Kier molecular flexibility index (Phi) is 4.04. The molecule has 160 valence electrons. The lowest BCUT2D eigenvalue weighted by Gasteiger charge is -2.58. The van der Waals surface area contributed by atoms with Crippen LogP contribution in [0.5, 0.6) is 0 Å². The molecule has 5 nitrogen and oxygen atoms in total. The monoisotopic (exact) mass is 417 g/mol. The van der Waals surface area contributed by atoms with Gasteiger partial charge in [0.1, 0.15) is 5.72 Å². The van der Waals surface area contributed by atoms with Gasteiger partial charge in [-0.2, -0.15) is 0 Å². The van der Waals surface area contributed by atoms with Crippen LogP contribution in [0.2, 0.25) is 0 Å². The molecule has 7 rings (SSSR count). The van der Waals surface area contributed by atoms with E-state index in [1.54, 1.807) is 19.1 Å². The molecule has 1 amide bonds. The highest BCUT2D eigenvalue weighted by molar-refractivity contribution is 5.89. The summed E-state index contributed by atoms with van der Waals surface area (Å²) in [6.45, 7) is 0.802. The van der Waals surface area contributed by atoms with Crippen molar-refractivity contribution in [3.63, 3.8) is 0 Å². The van der Waals surface area contributed by atoms with Crippen LogP contribution in [0, 0.1) is 11.8 Å². The molecule has 0 radical (unpaired) electrons. The average molecular weight is 418 g/mol. The summed E-state index contributed by atoms with van der Waals surface area (Å²) in [6.07, 6.45) is 4.10. The molecule has 1 fully saturated rings. The Morgan fingerprint density at radius 3 is 2.32 bits per heavy atom. The Balaban J connectivity index is 1.73. The van der Waals surface area contributed by atoms with E-state index in [1.165, 1.54) is 11.1 Å². The van der Waals surface area contributed by atoms with E-state index in [4.69, 9.17) is 9.47 Å². The molecule has 2 aromatic carbocycles. The van der Waals surface area contributed by atoms with Crippen LogP contribution in [0.15, 0.2) is 60.7 Å². The fraction of sp³-hybridized carbons (Fsp3) is 0.423. The van der Waals surface area contributed by atoms with Crippen molar-refractivity contribution < 1.29 is 19.4 Å². The van der Waals surface area contributed by atoms with Gasteiger partial charge in [-0.05, 0) is 22.3 Å². The minimum Gasteiger partial charge on any atom is -0.382 e. The topological polar surface area (TPSA) is 59.0 Å². The molecule has 2 aliphatic heterocycles. The standard InChI is InChI=1S/C26H27NO4/c1-30-15-20(31-2)26-18-11-5-3-9-16(18)21(17-10-4-6-12-19(17)26)22-23(26)24(28)27-14-8-7-13-25(22,27)29/h3-12,20-23,29H,13-15H2,1-2H3/t20?,21?,22-,23+,25-,26?/m0/s1. The summed E-state index contributed by atoms with van der Waals surface area (Å²) in [6, 6.07) is 16.8. The highest BCUT2D eigenvalue weighted by Gasteiger charge is 2.73. The second-order valence-electron chi connectivity index (χ2n) is 9.21. The Bertz CT molecular complexity index is 1050. The molecule has 31 heavy (non-hydrogen) atoms. The van der Waals surface area contributed by atoms with Crippen molar-refractivity contribution in [2.45, 2.75) is 29.6 Å². The van der Waals surface area contributed by atoms with Gasteiger partial charge >= 0.3 is 0 Å². The number of carbonyl (C=O) groups excluding carboxylic acids is 1. The average Bonchev–Trinajstić information content (AvgIpc) is 3.05. The van der Waals surface area contributed by atoms with Crippen LogP contribution in [0.1, 0.15) is 34.6 Å². The first-order valence-corrected chi connectivity index (χ1v) is 11.0. The third-order valence-corrected chi connectivity index (χ3v) is 8.21. The third-order valence-electron chi connectivity index (χ3n) is 8.21. The van der Waals surface area contributed by atoms with Crippen LogP contribution in [0.4, 0.5) is 0 Å². The van der Waals surface area contributed by atoms with E-state index in [2.05, 4.69) is 36.4 Å². The number of aliphatic hydroxyl groups is 1. The summed E-state index contributed by atoms with van der Waals surface area (Å²) in [5, 5.41) is 12.0. The van der Waals surface area contributed by atoms with Gasteiger partial charge in [-0.25, -0.2) is 0 Å². The van der Waals surface area contributed by atoms with Crippen LogP contribution < -0.4 is 0 Å². The molecule has 4 atom stereocenters. The zero-order valence-electron chi connectivity index (χ0n) is 17.8. The number of amides is 1. The molecule has 2 aromatic rings. The Morgan fingerprint density at radius 2 is 1.71 bits per heavy atom. The molecule has 1 unspecified atom stereocenters. The van der Waals surface area contributed by atoms with Crippen molar-refractivity contribution in [1.82, 2.24) is 4.90 Å². The number of carbonyl (C=O) groups is 1. The summed E-state index contributed by atoms with van der Waals surface area (Å²) in [4.78, 5) is 15.8. The fourth-order valence-electron chi connectivity index (χ4n) is 7.24. The van der Waals surface area contributed by atoms with E-state index in [0.717, 1.165) is 11.1 Å². The third kappa shape index (κ3) is 2.10. The Hall–Kier alpha value is -2.47. The normalized spacial score (nSPS) is 35.4. The molecule has 5 aliphatic rings. The predicted molar refractivity (Wildman–Crippen MR) is 116 cm³/mol. The maximum absolute atomic E-state index is 14.1. The number of fused-ring (bicyclic) bond motifs is 1. The maximum atomic E-state index is 14.1. The van der Waals surface area contributed by atoms with E-state index >= 15 is 0 Å². The number of hydrogen-bond acceptors (Lipinski definition) is 4. The second kappa shape index (κ2) is 6.52. The van der Waals surface area contributed by atoms with Crippen molar-refractivity contribution in [3.05, 3.63) is 82.9 Å². The summed E-state index contributed by atoms with van der Waals surface area (Å²) >= 11 is 0. The van der Waals surface area contributed by atoms with Gasteiger partial charge in [0.05, 0.1) is 24.0 Å². The molecule has 1 N–H and O–H groups in total. The molecule has 0 spiro atoms. The maximum Gasteiger partial charge on any atom is 0.230 e. The number of rotatable bonds is 4. The van der Waals surface area contributed by atoms with E-state index in [9.17, 15) is 9.90 Å². The molecule has 2 heterocycles. The van der Waals surface area contributed by atoms with Crippen molar-refractivity contribution >= 4 is 5.91 Å². The molecule has 2 bridgehead atoms. The van der Waals surface area contributed by atoms with Crippen molar-refractivity contribution in [3.8, 4) is 0 Å². The van der Waals surface area contributed by atoms with Crippen LogP contribution in [0.3, 0.4) is 0 Å². The highest BCUT2D eigenvalue weighted by atomic mass is 16.5. The Labute approximate surface area is 182 Å². The van der Waals surface area contributed by atoms with Crippen LogP contribution in [0.25, 0.3) is 0 Å². The highest BCUT2D eigenvalue weighted by Crippen LogP contribution is 2.68. The second-order valence-corrected chi connectivity index (χ2v) is 9.21. The van der Waals surface area contributed by atoms with Gasteiger partial charge in [-0.1, -0.05) is 60.7 Å². The van der Waals surface area contributed by atoms with Gasteiger partial charge in [0, 0.05) is 39.0 Å². The minimum absolute atomic E-state index is 0.0176. The van der Waals surface area contributed by atoms with Crippen molar-refractivity contribution in [2.24, 2.45) is 11.8 Å². The molecule has 5 heteroatoms. The minimum atomic E-state index is -1.20. The van der Waals surface area contributed by atoms with Crippen molar-refractivity contribution in [2.75, 3.05) is 27.4 Å².